The summed E-state index contributed by atoms with van der Waals surface area (Å²) in [4.78, 5) is 13.6. The number of ether oxygens (including phenoxy) is 1. The van der Waals surface area contributed by atoms with Crippen molar-refractivity contribution in [2.75, 3.05) is 18.6 Å². The minimum atomic E-state index is -0.174. The van der Waals surface area contributed by atoms with E-state index in [0.717, 1.165) is 5.69 Å². The number of rotatable bonds is 4. The Morgan fingerprint density at radius 3 is 2.55 bits per heavy atom. The van der Waals surface area contributed by atoms with Crippen molar-refractivity contribution in [3.8, 4) is 5.75 Å². The molecule has 1 amide bonds. The Hall–Kier alpha value is -1.71. The van der Waals surface area contributed by atoms with Gasteiger partial charge in [0.15, 0.2) is 6.61 Å². The Bertz CT molecular complexity index is 602. The molecule has 0 unspecified atom stereocenters. The van der Waals surface area contributed by atoms with E-state index in [4.69, 9.17) is 27.9 Å². The molecule has 0 bridgehead atoms. The van der Waals surface area contributed by atoms with Gasteiger partial charge >= 0.3 is 0 Å². The van der Waals surface area contributed by atoms with Crippen molar-refractivity contribution in [1.29, 1.82) is 0 Å². The maximum atomic E-state index is 12.0. The zero-order valence-electron chi connectivity index (χ0n) is 10.8. The number of halogens is 2. The predicted molar refractivity (Wildman–Crippen MR) is 81.8 cm³/mol. The molecule has 0 aliphatic heterocycles. The Morgan fingerprint density at radius 2 is 1.85 bits per heavy atom. The molecule has 0 N–H and O–H groups in total. The number of nitrogens with zero attached hydrogens (tertiary/aromatic N) is 1. The van der Waals surface area contributed by atoms with E-state index in [1.807, 2.05) is 30.3 Å². The second-order valence-corrected chi connectivity index (χ2v) is 5.00. The molecule has 0 radical (unpaired) electrons. The Labute approximate surface area is 127 Å². The van der Waals surface area contributed by atoms with Crippen LogP contribution in [0.1, 0.15) is 0 Å². The van der Waals surface area contributed by atoms with Gasteiger partial charge in [0, 0.05) is 23.8 Å². The lowest BCUT2D eigenvalue weighted by Crippen LogP contribution is -2.31. The molecular weight excluding hydrogens is 297 g/mol. The normalized spacial score (nSPS) is 10.2. The summed E-state index contributed by atoms with van der Waals surface area (Å²) >= 11 is 11.8. The largest absolute Gasteiger partial charge is 0.482 e. The summed E-state index contributed by atoms with van der Waals surface area (Å²) in [6.45, 7) is -0.106. The van der Waals surface area contributed by atoms with E-state index in [0.29, 0.717) is 15.8 Å². The van der Waals surface area contributed by atoms with Crippen molar-refractivity contribution in [2.24, 2.45) is 0 Å². The van der Waals surface area contributed by atoms with Crippen LogP contribution in [0.2, 0.25) is 10.0 Å². The lowest BCUT2D eigenvalue weighted by Gasteiger charge is -2.17. The van der Waals surface area contributed by atoms with Gasteiger partial charge in [-0.1, -0.05) is 41.4 Å². The number of amides is 1. The molecule has 5 heteroatoms. The molecular formula is C15H13Cl2NO2. The number of likely N-dealkylation sites (N-methyl/N-ethyl adjacent to an activating group) is 1. The number of carbonyl (C=O) groups is 1. The average Bonchev–Trinajstić information content (AvgIpc) is 2.48. The third kappa shape index (κ3) is 3.65. The van der Waals surface area contributed by atoms with Crippen LogP contribution in [0, 0.1) is 0 Å². The number of anilines is 1. The molecule has 0 aromatic heterocycles. The van der Waals surface area contributed by atoms with E-state index < -0.39 is 0 Å². The zero-order chi connectivity index (χ0) is 14.5. The standard InChI is InChI=1S/C15H13Cl2NO2/c1-18(12-5-3-2-4-6-12)15(19)10-20-14-9-11(16)7-8-13(14)17/h2-9H,10H2,1H3. The third-order valence-corrected chi connectivity index (χ3v) is 3.31. The lowest BCUT2D eigenvalue weighted by atomic mass is 10.3. The molecule has 0 atom stereocenters. The molecule has 2 rings (SSSR count). The molecule has 0 spiro atoms. The van der Waals surface area contributed by atoms with Crippen molar-refractivity contribution in [3.05, 3.63) is 58.6 Å². The lowest BCUT2D eigenvalue weighted by molar-refractivity contribution is -0.120. The van der Waals surface area contributed by atoms with Crippen LogP contribution in [-0.4, -0.2) is 19.6 Å². The fourth-order valence-electron chi connectivity index (χ4n) is 1.62. The van der Waals surface area contributed by atoms with Crippen LogP contribution < -0.4 is 9.64 Å². The summed E-state index contributed by atoms with van der Waals surface area (Å²) in [5.74, 6) is 0.223. The van der Waals surface area contributed by atoms with Crippen molar-refractivity contribution >= 4 is 34.8 Å². The van der Waals surface area contributed by atoms with Gasteiger partial charge in [-0.25, -0.2) is 0 Å². The smallest absolute Gasteiger partial charge is 0.264 e. The highest BCUT2D eigenvalue weighted by Crippen LogP contribution is 2.27. The molecule has 0 heterocycles. The van der Waals surface area contributed by atoms with Crippen LogP contribution in [0.5, 0.6) is 5.75 Å². The Morgan fingerprint density at radius 1 is 1.15 bits per heavy atom. The van der Waals surface area contributed by atoms with E-state index in [-0.39, 0.29) is 12.5 Å². The summed E-state index contributed by atoms with van der Waals surface area (Å²) in [5, 5.41) is 0.929. The predicted octanol–water partition coefficient (Wildman–Crippen LogP) is 4.04. The molecule has 2 aromatic rings. The minimum Gasteiger partial charge on any atom is -0.482 e. The van der Waals surface area contributed by atoms with Gasteiger partial charge in [-0.05, 0) is 24.3 Å². The summed E-state index contributed by atoms with van der Waals surface area (Å²) < 4.78 is 5.41. The second kappa shape index (κ2) is 6.64. The van der Waals surface area contributed by atoms with Crippen LogP contribution in [-0.2, 0) is 4.79 Å². The quantitative estimate of drug-likeness (QED) is 0.853. The topological polar surface area (TPSA) is 29.5 Å². The maximum absolute atomic E-state index is 12.0. The highest BCUT2D eigenvalue weighted by molar-refractivity contribution is 6.34. The SMILES string of the molecule is CN(C(=O)COc1cc(Cl)ccc1Cl)c1ccccc1. The molecule has 104 valence electrons. The molecule has 0 aliphatic rings. The van der Waals surface area contributed by atoms with Crippen molar-refractivity contribution in [2.45, 2.75) is 0 Å². The first-order valence-electron chi connectivity index (χ1n) is 5.97. The van der Waals surface area contributed by atoms with Crippen molar-refractivity contribution in [3.63, 3.8) is 0 Å². The van der Waals surface area contributed by atoms with Crippen molar-refractivity contribution in [1.82, 2.24) is 0 Å². The molecule has 0 saturated heterocycles. The van der Waals surface area contributed by atoms with Gasteiger partial charge in [0.2, 0.25) is 0 Å². The highest BCUT2D eigenvalue weighted by atomic mass is 35.5. The van der Waals surface area contributed by atoms with E-state index in [1.165, 1.54) is 4.90 Å². The first-order valence-corrected chi connectivity index (χ1v) is 6.73. The van der Waals surface area contributed by atoms with Gasteiger partial charge in [-0.2, -0.15) is 0 Å². The fraction of sp³-hybridized carbons (Fsp3) is 0.133. The first-order chi connectivity index (χ1) is 9.58. The van der Waals surface area contributed by atoms with Crippen LogP contribution >= 0.6 is 23.2 Å². The summed E-state index contributed by atoms with van der Waals surface area (Å²) in [5.41, 5.74) is 0.804. The molecule has 3 nitrogen and oxygen atoms in total. The van der Waals surface area contributed by atoms with E-state index in [9.17, 15) is 4.79 Å². The van der Waals surface area contributed by atoms with Gasteiger partial charge in [-0.15, -0.1) is 0 Å². The first kappa shape index (κ1) is 14.7. The third-order valence-electron chi connectivity index (χ3n) is 2.76. The molecule has 0 saturated carbocycles. The zero-order valence-corrected chi connectivity index (χ0v) is 12.4. The number of hydrogen-bond donors (Lipinski definition) is 0. The van der Waals surface area contributed by atoms with Crippen LogP contribution in [0.15, 0.2) is 48.5 Å². The number of benzene rings is 2. The Kier molecular flexibility index (Phi) is 4.88. The van der Waals surface area contributed by atoms with Gasteiger partial charge in [-0.3, -0.25) is 4.79 Å². The molecule has 0 aliphatic carbocycles. The second-order valence-electron chi connectivity index (χ2n) is 4.15. The average molecular weight is 310 g/mol. The molecule has 2 aromatic carbocycles. The van der Waals surface area contributed by atoms with Gasteiger partial charge < -0.3 is 9.64 Å². The van der Waals surface area contributed by atoms with E-state index in [1.54, 1.807) is 25.2 Å². The summed E-state index contributed by atoms with van der Waals surface area (Å²) in [7, 11) is 1.70. The number of para-hydroxylation sites is 1. The van der Waals surface area contributed by atoms with E-state index >= 15 is 0 Å². The molecule has 0 fully saturated rings. The van der Waals surface area contributed by atoms with Crippen molar-refractivity contribution < 1.29 is 9.53 Å². The van der Waals surface area contributed by atoms with Crippen LogP contribution in [0.3, 0.4) is 0 Å². The summed E-state index contributed by atoms with van der Waals surface area (Å²) in [6, 6.07) is 14.2. The van der Waals surface area contributed by atoms with Crippen LogP contribution in [0.25, 0.3) is 0 Å². The maximum Gasteiger partial charge on any atom is 0.264 e. The summed E-state index contributed by atoms with van der Waals surface area (Å²) in [6.07, 6.45) is 0. The highest BCUT2D eigenvalue weighted by Gasteiger charge is 2.12. The Balaban J connectivity index is 2.00. The molecule has 20 heavy (non-hydrogen) atoms. The van der Waals surface area contributed by atoms with Crippen LogP contribution in [0.4, 0.5) is 5.69 Å². The monoisotopic (exact) mass is 309 g/mol. The van der Waals surface area contributed by atoms with Gasteiger partial charge in [0.25, 0.3) is 5.91 Å². The minimum absolute atomic E-state index is 0.106. The van der Waals surface area contributed by atoms with Gasteiger partial charge in [0.05, 0.1) is 5.02 Å². The number of hydrogen-bond acceptors (Lipinski definition) is 2. The van der Waals surface area contributed by atoms with E-state index in [2.05, 4.69) is 0 Å². The van der Waals surface area contributed by atoms with Gasteiger partial charge in [0.1, 0.15) is 5.75 Å². The number of carbonyl (C=O) groups excluding carboxylic acids is 1. The fourth-order valence-corrected chi connectivity index (χ4v) is 1.95.